The standard InChI is InChI=1S/C3H7NO3/c1-7-4(2-5)3-6/h2,6H,3H2,1H3. The van der Waals surface area contributed by atoms with Gasteiger partial charge in [0.2, 0.25) is 6.41 Å². The Bertz CT molecular complexity index is 52.1. The monoisotopic (exact) mass is 105 g/mol. The van der Waals surface area contributed by atoms with Gasteiger partial charge in [-0.2, -0.15) is 5.06 Å². The molecule has 42 valence electrons. The van der Waals surface area contributed by atoms with E-state index < -0.39 is 6.73 Å². The summed E-state index contributed by atoms with van der Waals surface area (Å²) in [5.41, 5.74) is 0. The quantitative estimate of drug-likeness (QED) is 0.283. The molecule has 0 aromatic carbocycles. The summed E-state index contributed by atoms with van der Waals surface area (Å²) in [6, 6.07) is 0. The molecule has 0 spiro atoms. The van der Waals surface area contributed by atoms with Crippen molar-refractivity contribution in [2.24, 2.45) is 0 Å². The van der Waals surface area contributed by atoms with Gasteiger partial charge in [-0.3, -0.25) is 9.63 Å². The van der Waals surface area contributed by atoms with Gasteiger partial charge in [0.1, 0.15) is 6.73 Å². The first-order valence-corrected chi connectivity index (χ1v) is 1.72. The molecule has 0 aromatic rings. The zero-order valence-corrected chi connectivity index (χ0v) is 4.00. The molecule has 0 saturated carbocycles. The third kappa shape index (κ3) is 2.13. The molecule has 0 saturated heterocycles. The summed E-state index contributed by atoms with van der Waals surface area (Å²) in [5, 5.41) is 8.85. The molecule has 0 bridgehead atoms. The summed E-state index contributed by atoms with van der Waals surface area (Å²) in [6.45, 7) is -0.403. The van der Waals surface area contributed by atoms with Crippen LogP contribution in [0.2, 0.25) is 0 Å². The van der Waals surface area contributed by atoms with Gasteiger partial charge >= 0.3 is 0 Å². The number of amides is 1. The second-order valence-electron chi connectivity index (χ2n) is 0.846. The van der Waals surface area contributed by atoms with Crippen LogP contribution < -0.4 is 0 Å². The van der Waals surface area contributed by atoms with Crippen molar-refractivity contribution >= 4 is 6.41 Å². The number of nitrogens with zero attached hydrogens (tertiary/aromatic N) is 1. The molecular weight excluding hydrogens is 98.0 g/mol. The highest BCUT2D eigenvalue weighted by atomic mass is 16.7. The number of aliphatic hydroxyl groups excluding tert-OH is 1. The average Bonchev–Trinajstić information content (AvgIpc) is 1.72. The molecule has 0 heterocycles. The number of carbonyl (C=O) groups excluding carboxylic acids is 1. The smallest absolute Gasteiger partial charge is 0.235 e. The van der Waals surface area contributed by atoms with Crippen LogP contribution in [0.25, 0.3) is 0 Å². The Labute approximate surface area is 41.3 Å². The number of aliphatic hydroxyl groups is 1. The third-order valence-corrected chi connectivity index (χ3v) is 0.491. The van der Waals surface area contributed by atoms with Gasteiger partial charge < -0.3 is 5.11 Å². The second-order valence-corrected chi connectivity index (χ2v) is 0.846. The van der Waals surface area contributed by atoms with Gasteiger partial charge in [0, 0.05) is 0 Å². The summed E-state index contributed by atoms with van der Waals surface area (Å²) in [7, 11) is 1.30. The van der Waals surface area contributed by atoms with E-state index in [0.29, 0.717) is 6.41 Å². The fourth-order valence-corrected chi connectivity index (χ4v) is 0.134. The molecule has 0 radical (unpaired) electrons. The van der Waals surface area contributed by atoms with Crippen LogP contribution >= 0.6 is 0 Å². The number of rotatable bonds is 3. The lowest BCUT2D eigenvalue weighted by molar-refractivity contribution is -0.178. The van der Waals surface area contributed by atoms with Crippen molar-refractivity contribution in [2.75, 3.05) is 13.8 Å². The van der Waals surface area contributed by atoms with Crippen LogP contribution in [0.4, 0.5) is 0 Å². The largest absolute Gasteiger partial charge is 0.374 e. The lowest BCUT2D eigenvalue weighted by Crippen LogP contribution is -2.20. The highest BCUT2D eigenvalue weighted by molar-refractivity contribution is 5.44. The number of hydroxylamine groups is 2. The highest BCUT2D eigenvalue weighted by Crippen LogP contribution is 1.73. The van der Waals surface area contributed by atoms with Crippen LogP contribution in [0.3, 0.4) is 0 Å². The number of carbonyl (C=O) groups is 1. The Kier molecular flexibility index (Phi) is 3.26. The van der Waals surface area contributed by atoms with Gasteiger partial charge in [-0.15, -0.1) is 0 Å². The molecule has 7 heavy (non-hydrogen) atoms. The van der Waals surface area contributed by atoms with Gasteiger partial charge in [0.05, 0.1) is 7.11 Å². The van der Waals surface area contributed by atoms with Crippen molar-refractivity contribution in [1.29, 1.82) is 0 Å². The predicted octanol–water partition coefficient (Wildman–Crippen LogP) is -1.04. The first-order chi connectivity index (χ1) is 3.35. The first kappa shape index (κ1) is 6.39. The van der Waals surface area contributed by atoms with Crippen molar-refractivity contribution in [3.63, 3.8) is 0 Å². The summed E-state index contributed by atoms with van der Waals surface area (Å²) < 4.78 is 0. The fourth-order valence-electron chi connectivity index (χ4n) is 0.134. The van der Waals surface area contributed by atoms with Crippen molar-refractivity contribution in [1.82, 2.24) is 5.06 Å². The fraction of sp³-hybridized carbons (Fsp3) is 0.667. The Morgan fingerprint density at radius 1 is 2.00 bits per heavy atom. The van der Waals surface area contributed by atoms with Crippen LogP contribution in [0, 0.1) is 0 Å². The maximum Gasteiger partial charge on any atom is 0.235 e. The van der Waals surface area contributed by atoms with Gasteiger partial charge in [-0.25, -0.2) is 0 Å². The predicted molar refractivity (Wildman–Crippen MR) is 22.0 cm³/mol. The summed E-state index contributed by atoms with van der Waals surface area (Å²) >= 11 is 0. The minimum absolute atomic E-state index is 0.389. The van der Waals surface area contributed by atoms with Gasteiger partial charge in [0.25, 0.3) is 0 Å². The van der Waals surface area contributed by atoms with Crippen molar-refractivity contribution in [2.45, 2.75) is 0 Å². The molecule has 1 amide bonds. The van der Waals surface area contributed by atoms with Crippen LogP contribution in [0.15, 0.2) is 0 Å². The maximum absolute atomic E-state index is 9.61. The Morgan fingerprint density at radius 3 is 2.57 bits per heavy atom. The minimum Gasteiger partial charge on any atom is -0.374 e. The molecule has 0 aliphatic heterocycles. The second kappa shape index (κ2) is 3.58. The zero-order chi connectivity index (χ0) is 5.70. The van der Waals surface area contributed by atoms with E-state index in [1.807, 2.05) is 0 Å². The van der Waals surface area contributed by atoms with Crippen molar-refractivity contribution in [3.05, 3.63) is 0 Å². The highest BCUT2D eigenvalue weighted by Gasteiger charge is 1.89. The van der Waals surface area contributed by atoms with E-state index in [-0.39, 0.29) is 0 Å². The molecule has 0 unspecified atom stereocenters. The molecule has 0 aromatic heterocycles. The maximum atomic E-state index is 9.61. The van der Waals surface area contributed by atoms with E-state index in [9.17, 15) is 4.79 Å². The first-order valence-electron chi connectivity index (χ1n) is 1.72. The van der Waals surface area contributed by atoms with E-state index in [1.165, 1.54) is 7.11 Å². The molecule has 0 atom stereocenters. The van der Waals surface area contributed by atoms with Gasteiger partial charge in [-0.1, -0.05) is 0 Å². The summed E-state index contributed by atoms with van der Waals surface area (Å²) in [4.78, 5) is 13.9. The van der Waals surface area contributed by atoms with Crippen molar-refractivity contribution < 1.29 is 14.7 Å². The van der Waals surface area contributed by atoms with E-state index in [4.69, 9.17) is 5.11 Å². The van der Waals surface area contributed by atoms with Crippen LogP contribution in [0.5, 0.6) is 0 Å². The third-order valence-electron chi connectivity index (χ3n) is 0.491. The number of hydrogen-bond donors (Lipinski definition) is 1. The van der Waals surface area contributed by atoms with Crippen LogP contribution in [0.1, 0.15) is 0 Å². The summed E-state index contributed by atoms with van der Waals surface area (Å²) in [6.07, 6.45) is 0.389. The normalized spacial score (nSPS) is 8.29. The molecule has 0 fully saturated rings. The van der Waals surface area contributed by atoms with E-state index in [2.05, 4.69) is 4.84 Å². The molecule has 4 heteroatoms. The molecule has 1 N–H and O–H groups in total. The SMILES string of the molecule is CON(C=O)CO. The Balaban J connectivity index is 3.16. The summed E-state index contributed by atoms with van der Waals surface area (Å²) in [5.74, 6) is 0. The number of hydrogen-bond acceptors (Lipinski definition) is 3. The van der Waals surface area contributed by atoms with Crippen molar-refractivity contribution in [3.8, 4) is 0 Å². The average molecular weight is 105 g/mol. The molecule has 0 rings (SSSR count). The molecule has 0 aliphatic carbocycles. The molecular formula is C3H7NO3. The van der Waals surface area contributed by atoms with Gasteiger partial charge in [0.15, 0.2) is 0 Å². The molecule has 4 nitrogen and oxygen atoms in total. The van der Waals surface area contributed by atoms with E-state index in [0.717, 1.165) is 5.06 Å². The van der Waals surface area contributed by atoms with Crippen LogP contribution in [-0.2, 0) is 9.63 Å². The van der Waals surface area contributed by atoms with Gasteiger partial charge in [-0.05, 0) is 0 Å². The Morgan fingerprint density at radius 2 is 2.57 bits per heavy atom. The van der Waals surface area contributed by atoms with Crippen LogP contribution in [-0.4, -0.2) is 30.4 Å². The molecule has 0 aliphatic rings. The van der Waals surface area contributed by atoms with E-state index >= 15 is 0 Å². The Hall–Kier alpha value is -0.610. The zero-order valence-electron chi connectivity index (χ0n) is 4.00. The minimum atomic E-state index is -0.403. The lowest BCUT2D eigenvalue weighted by atomic mass is 11.1. The topological polar surface area (TPSA) is 49.8 Å². The van der Waals surface area contributed by atoms with E-state index in [1.54, 1.807) is 0 Å². The lowest BCUT2D eigenvalue weighted by Gasteiger charge is -2.07.